The van der Waals surface area contributed by atoms with Gasteiger partial charge in [-0.05, 0) is 43.1 Å². The smallest absolute Gasteiger partial charge is 0.140 e. The van der Waals surface area contributed by atoms with E-state index in [1.54, 1.807) is 0 Å². The lowest BCUT2D eigenvalue weighted by molar-refractivity contribution is -0.123. The maximum atomic E-state index is 12.5. The van der Waals surface area contributed by atoms with Crippen molar-refractivity contribution < 1.29 is 4.79 Å². The lowest BCUT2D eigenvalue weighted by atomic mass is 9.89. The molecule has 23 heavy (non-hydrogen) atoms. The third kappa shape index (κ3) is 4.43. The van der Waals surface area contributed by atoms with Crippen molar-refractivity contribution in [3.05, 3.63) is 70.7 Å². The summed E-state index contributed by atoms with van der Waals surface area (Å²) in [7, 11) is 0. The molecule has 0 amide bonds. The third-order valence-electron chi connectivity index (χ3n) is 4.61. The van der Waals surface area contributed by atoms with E-state index < -0.39 is 0 Å². The van der Waals surface area contributed by atoms with Crippen molar-refractivity contribution in [2.75, 3.05) is 13.1 Å². The zero-order valence-electron chi connectivity index (χ0n) is 13.2. The second-order valence-corrected chi connectivity index (χ2v) is 6.68. The Labute approximate surface area is 143 Å². The molecular formula is C20H22ClNO. The molecule has 0 spiro atoms. The van der Waals surface area contributed by atoms with Crippen LogP contribution in [0.2, 0.25) is 5.02 Å². The van der Waals surface area contributed by atoms with Gasteiger partial charge >= 0.3 is 0 Å². The average Bonchev–Trinajstić information content (AvgIpc) is 2.58. The van der Waals surface area contributed by atoms with Crippen LogP contribution in [0, 0.1) is 5.92 Å². The summed E-state index contributed by atoms with van der Waals surface area (Å²) in [4.78, 5) is 14.9. The van der Waals surface area contributed by atoms with Crippen LogP contribution in [0.4, 0.5) is 0 Å². The Bertz CT molecular complexity index is 648. The monoisotopic (exact) mass is 327 g/mol. The van der Waals surface area contributed by atoms with Crippen LogP contribution < -0.4 is 0 Å². The predicted octanol–water partition coefficient (Wildman–Crippen LogP) is 4.36. The molecule has 3 heteroatoms. The number of piperidine rings is 1. The summed E-state index contributed by atoms with van der Waals surface area (Å²) in [6.07, 6.45) is 2.37. The molecule has 1 heterocycles. The first kappa shape index (κ1) is 16.2. The number of carbonyl (C=O) groups is 1. The Balaban J connectivity index is 1.50. The van der Waals surface area contributed by atoms with Crippen molar-refractivity contribution >= 4 is 17.4 Å². The molecule has 0 bridgehead atoms. The molecule has 0 radical (unpaired) electrons. The van der Waals surface area contributed by atoms with Crippen LogP contribution in [0.3, 0.4) is 0 Å². The van der Waals surface area contributed by atoms with Gasteiger partial charge in [-0.25, -0.2) is 0 Å². The third-order valence-corrected chi connectivity index (χ3v) is 4.98. The fourth-order valence-electron chi connectivity index (χ4n) is 3.23. The molecule has 0 unspecified atom stereocenters. The molecule has 2 aromatic carbocycles. The number of halogens is 1. The highest BCUT2D eigenvalue weighted by Crippen LogP contribution is 2.23. The second kappa shape index (κ2) is 7.76. The number of hydrogen-bond donors (Lipinski definition) is 0. The largest absolute Gasteiger partial charge is 0.299 e. The van der Waals surface area contributed by atoms with Gasteiger partial charge in [-0.15, -0.1) is 0 Å². The highest BCUT2D eigenvalue weighted by molar-refractivity contribution is 6.31. The first-order valence-electron chi connectivity index (χ1n) is 8.25. The van der Waals surface area contributed by atoms with Crippen molar-refractivity contribution in [2.45, 2.75) is 25.8 Å². The van der Waals surface area contributed by atoms with Crippen LogP contribution in [-0.2, 0) is 17.8 Å². The van der Waals surface area contributed by atoms with Crippen molar-refractivity contribution in [3.8, 4) is 0 Å². The van der Waals surface area contributed by atoms with Crippen LogP contribution in [0.25, 0.3) is 0 Å². The first-order valence-corrected chi connectivity index (χ1v) is 8.62. The molecule has 3 rings (SSSR count). The van der Waals surface area contributed by atoms with Crippen molar-refractivity contribution in [1.29, 1.82) is 0 Å². The first-order chi connectivity index (χ1) is 11.2. The molecule has 0 atom stereocenters. The normalized spacial score (nSPS) is 16.4. The number of benzene rings is 2. The minimum absolute atomic E-state index is 0.179. The van der Waals surface area contributed by atoms with Gasteiger partial charge in [0.1, 0.15) is 5.78 Å². The lowest BCUT2D eigenvalue weighted by Gasteiger charge is -2.31. The zero-order valence-corrected chi connectivity index (χ0v) is 14.0. The second-order valence-electron chi connectivity index (χ2n) is 6.27. The minimum atomic E-state index is 0.179. The summed E-state index contributed by atoms with van der Waals surface area (Å²) >= 11 is 6.16. The fourth-order valence-corrected chi connectivity index (χ4v) is 3.43. The van der Waals surface area contributed by atoms with Gasteiger partial charge < -0.3 is 0 Å². The van der Waals surface area contributed by atoms with E-state index in [9.17, 15) is 4.79 Å². The molecular weight excluding hydrogens is 306 g/mol. The van der Waals surface area contributed by atoms with Crippen LogP contribution in [0.15, 0.2) is 54.6 Å². The summed E-state index contributed by atoms with van der Waals surface area (Å²) in [6, 6.07) is 18.2. The molecule has 0 N–H and O–H groups in total. The van der Waals surface area contributed by atoms with Crippen LogP contribution in [-0.4, -0.2) is 23.8 Å². The van der Waals surface area contributed by atoms with Gasteiger partial charge in [-0.1, -0.05) is 60.1 Å². The van der Waals surface area contributed by atoms with Gasteiger partial charge in [0.25, 0.3) is 0 Å². The maximum absolute atomic E-state index is 12.5. The Morgan fingerprint density at radius 2 is 1.65 bits per heavy atom. The quantitative estimate of drug-likeness (QED) is 0.813. The molecule has 1 aliphatic heterocycles. The number of likely N-dealkylation sites (tertiary alicyclic amines) is 1. The van der Waals surface area contributed by atoms with E-state index in [4.69, 9.17) is 11.6 Å². The molecule has 1 aliphatic rings. The standard InChI is InChI=1S/C20H22ClNO/c21-19-9-5-4-8-18(19)14-20(23)17-10-12-22(13-11-17)15-16-6-2-1-3-7-16/h1-9,17H,10-15H2. The molecule has 1 saturated heterocycles. The van der Waals surface area contributed by atoms with E-state index in [1.165, 1.54) is 5.56 Å². The summed E-state index contributed by atoms with van der Waals surface area (Å²) in [5.74, 6) is 0.510. The van der Waals surface area contributed by atoms with E-state index in [0.717, 1.165) is 38.0 Å². The molecule has 2 nitrogen and oxygen atoms in total. The van der Waals surface area contributed by atoms with E-state index in [0.29, 0.717) is 17.2 Å². The Morgan fingerprint density at radius 1 is 1.00 bits per heavy atom. The van der Waals surface area contributed by atoms with E-state index >= 15 is 0 Å². The van der Waals surface area contributed by atoms with Crippen LogP contribution in [0.1, 0.15) is 24.0 Å². The SMILES string of the molecule is O=C(Cc1ccccc1Cl)C1CCN(Cc2ccccc2)CC1. The Morgan fingerprint density at radius 3 is 2.35 bits per heavy atom. The lowest BCUT2D eigenvalue weighted by Crippen LogP contribution is -2.36. The van der Waals surface area contributed by atoms with Crippen molar-refractivity contribution in [3.63, 3.8) is 0 Å². The molecule has 2 aromatic rings. The van der Waals surface area contributed by atoms with E-state index in [-0.39, 0.29) is 5.92 Å². The highest BCUT2D eigenvalue weighted by atomic mass is 35.5. The molecule has 1 fully saturated rings. The Kier molecular flexibility index (Phi) is 5.47. The summed E-state index contributed by atoms with van der Waals surface area (Å²) in [5.41, 5.74) is 2.29. The Hall–Kier alpha value is -1.64. The predicted molar refractivity (Wildman–Crippen MR) is 94.6 cm³/mol. The maximum Gasteiger partial charge on any atom is 0.140 e. The van der Waals surface area contributed by atoms with E-state index in [2.05, 4.69) is 29.2 Å². The molecule has 0 saturated carbocycles. The molecule has 0 aromatic heterocycles. The van der Waals surface area contributed by atoms with Gasteiger partial charge in [0.05, 0.1) is 0 Å². The number of Topliss-reactive ketones (excluding diaryl/α,β-unsaturated/α-hetero) is 1. The van der Waals surface area contributed by atoms with Gasteiger partial charge in [0.2, 0.25) is 0 Å². The minimum Gasteiger partial charge on any atom is -0.299 e. The number of ketones is 1. The van der Waals surface area contributed by atoms with Gasteiger partial charge in [0.15, 0.2) is 0 Å². The zero-order chi connectivity index (χ0) is 16.1. The summed E-state index contributed by atoms with van der Waals surface area (Å²) in [5, 5.41) is 0.697. The number of carbonyl (C=O) groups excluding carboxylic acids is 1. The number of nitrogens with zero attached hydrogens (tertiary/aromatic N) is 1. The topological polar surface area (TPSA) is 20.3 Å². The highest BCUT2D eigenvalue weighted by Gasteiger charge is 2.25. The van der Waals surface area contributed by atoms with Crippen molar-refractivity contribution in [1.82, 2.24) is 4.90 Å². The summed E-state index contributed by atoms with van der Waals surface area (Å²) < 4.78 is 0. The van der Waals surface area contributed by atoms with Crippen LogP contribution >= 0.6 is 11.6 Å². The van der Waals surface area contributed by atoms with E-state index in [1.807, 2.05) is 30.3 Å². The molecule has 120 valence electrons. The fraction of sp³-hybridized carbons (Fsp3) is 0.350. The van der Waals surface area contributed by atoms with Gasteiger partial charge in [-0.2, -0.15) is 0 Å². The van der Waals surface area contributed by atoms with Gasteiger partial charge in [0, 0.05) is 23.9 Å². The molecule has 0 aliphatic carbocycles. The average molecular weight is 328 g/mol. The van der Waals surface area contributed by atoms with Crippen LogP contribution in [0.5, 0.6) is 0 Å². The van der Waals surface area contributed by atoms with Crippen molar-refractivity contribution in [2.24, 2.45) is 5.92 Å². The number of hydrogen-bond acceptors (Lipinski definition) is 2. The van der Waals surface area contributed by atoms with Gasteiger partial charge in [-0.3, -0.25) is 9.69 Å². The number of rotatable bonds is 5. The summed E-state index contributed by atoms with van der Waals surface area (Å²) in [6.45, 7) is 2.97.